The minimum absolute atomic E-state index is 0.187. The summed E-state index contributed by atoms with van der Waals surface area (Å²) in [4.78, 5) is 16.5. The van der Waals surface area contributed by atoms with Crippen LogP contribution in [0.2, 0.25) is 0 Å². The Labute approximate surface area is 114 Å². The number of pyridine rings is 1. The highest BCUT2D eigenvalue weighted by molar-refractivity contribution is 6.05. The molecule has 3 aromatic heterocycles. The fourth-order valence-electron chi connectivity index (χ4n) is 2.05. The Balaban J connectivity index is 1.92. The number of rotatable bonds is 3. The number of nitrogens with zero attached hydrogens (tertiary/aromatic N) is 3. The Bertz CT molecular complexity index is 761. The van der Waals surface area contributed by atoms with Crippen molar-refractivity contribution in [1.82, 2.24) is 25.7 Å². The molecule has 0 spiro atoms. The zero-order valence-electron chi connectivity index (χ0n) is 11.1. The van der Waals surface area contributed by atoms with Crippen molar-refractivity contribution in [3.05, 3.63) is 41.0 Å². The van der Waals surface area contributed by atoms with Gasteiger partial charge in [-0.05, 0) is 19.9 Å². The number of H-pyrrole nitrogens is 1. The normalized spacial score (nSPS) is 10.9. The monoisotopic (exact) mass is 271 g/mol. The minimum atomic E-state index is -0.187. The standard InChI is InChI=1S/C13H13N5O2/c1-7-3-10(11-8(2)18-20-13(11)17-7)12(19)14-4-9-5-15-16-6-9/h3,5-6H,4H2,1-2H3,(H,14,19)(H,15,16). The predicted octanol–water partition coefficient (Wildman–Crippen LogP) is 1.49. The first-order chi connectivity index (χ1) is 9.65. The molecule has 3 heterocycles. The van der Waals surface area contributed by atoms with Crippen LogP contribution in [0.25, 0.3) is 11.1 Å². The second-order valence-electron chi connectivity index (χ2n) is 4.55. The lowest BCUT2D eigenvalue weighted by molar-refractivity contribution is 0.0952. The molecule has 20 heavy (non-hydrogen) atoms. The van der Waals surface area contributed by atoms with Gasteiger partial charge in [0.2, 0.25) is 0 Å². The van der Waals surface area contributed by atoms with Crippen LogP contribution in [0.3, 0.4) is 0 Å². The smallest absolute Gasteiger partial charge is 0.258 e. The third-order valence-electron chi connectivity index (χ3n) is 3.00. The summed E-state index contributed by atoms with van der Waals surface area (Å²) in [7, 11) is 0. The van der Waals surface area contributed by atoms with E-state index in [9.17, 15) is 4.79 Å². The number of aromatic nitrogens is 4. The number of aryl methyl sites for hydroxylation is 2. The Morgan fingerprint density at radius 1 is 1.45 bits per heavy atom. The van der Waals surface area contributed by atoms with Crippen LogP contribution in [0.5, 0.6) is 0 Å². The summed E-state index contributed by atoms with van der Waals surface area (Å²) in [5.41, 5.74) is 3.18. The second-order valence-corrected chi connectivity index (χ2v) is 4.55. The highest BCUT2D eigenvalue weighted by atomic mass is 16.5. The number of hydrogen-bond acceptors (Lipinski definition) is 5. The lowest BCUT2D eigenvalue weighted by Crippen LogP contribution is -2.23. The average molecular weight is 271 g/mol. The van der Waals surface area contributed by atoms with Crippen molar-refractivity contribution in [2.24, 2.45) is 0 Å². The van der Waals surface area contributed by atoms with Crippen molar-refractivity contribution < 1.29 is 9.32 Å². The first kappa shape index (κ1) is 12.3. The van der Waals surface area contributed by atoms with Gasteiger partial charge in [0.1, 0.15) is 0 Å². The lowest BCUT2D eigenvalue weighted by Gasteiger charge is -2.05. The molecule has 0 saturated carbocycles. The Morgan fingerprint density at radius 3 is 3.05 bits per heavy atom. The fourth-order valence-corrected chi connectivity index (χ4v) is 2.05. The van der Waals surface area contributed by atoms with E-state index in [-0.39, 0.29) is 5.91 Å². The van der Waals surface area contributed by atoms with Crippen LogP contribution in [0.4, 0.5) is 0 Å². The maximum absolute atomic E-state index is 12.3. The van der Waals surface area contributed by atoms with Gasteiger partial charge in [0, 0.05) is 24.0 Å². The van der Waals surface area contributed by atoms with E-state index in [1.54, 1.807) is 25.4 Å². The molecular weight excluding hydrogens is 258 g/mol. The van der Waals surface area contributed by atoms with Crippen molar-refractivity contribution >= 4 is 17.0 Å². The van der Waals surface area contributed by atoms with Crippen LogP contribution in [-0.2, 0) is 6.54 Å². The van der Waals surface area contributed by atoms with Gasteiger partial charge in [0.05, 0.1) is 22.8 Å². The molecule has 0 aliphatic rings. The van der Waals surface area contributed by atoms with E-state index in [2.05, 4.69) is 25.7 Å². The molecule has 0 radical (unpaired) electrons. The highest BCUT2D eigenvalue weighted by Gasteiger charge is 2.17. The van der Waals surface area contributed by atoms with E-state index < -0.39 is 0 Å². The quantitative estimate of drug-likeness (QED) is 0.752. The molecule has 1 amide bonds. The van der Waals surface area contributed by atoms with Crippen LogP contribution < -0.4 is 5.32 Å². The minimum Gasteiger partial charge on any atom is -0.348 e. The van der Waals surface area contributed by atoms with E-state index in [4.69, 9.17) is 4.52 Å². The SMILES string of the molecule is Cc1cc(C(=O)NCc2cn[nH]c2)c2c(C)noc2n1. The molecule has 0 saturated heterocycles. The number of aromatic amines is 1. The molecule has 0 atom stereocenters. The molecule has 0 aliphatic heterocycles. The number of amides is 1. The molecule has 0 bridgehead atoms. The van der Waals surface area contributed by atoms with E-state index in [0.29, 0.717) is 34.6 Å². The van der Waals surface area contributed by atoms with Crippen molar-refractivity contribution in [2.45, 2.75) is 20.4 Å². The number of carbonyl (C=O) groups is 1. The zero-order chi connectivity index (χ0) is 14.1. The van der Waals surface area contributed by atoms with Crippen LogP contribution in [-0.4, -0.2) is 26.2 Å². The van der Waals surface area contributed by atoms with Crippen molar-refractivity contribution in [1.29, 1.82) is 0 Å². The Kier molecular flexibility index (Phi) is 2.94. The summed E-state index contributed by atoms with van der Waals surface area (Å²) in [6, 6.07) is 1.73. The number of hydrogen-bond donors (Lipinski definition) is 2. The maximum atomic E-state index is 12.3. The molecule has 7 heteroatoms. The molecule has 0 aliphatic carbocycles. The Morgan fingerprint density at radius 2 is 2.30 bits per heavy atom. The van der Waals surface area contributed by atoms with Crippen LogP contribution in [0.15, 0.2) is 23.0 Å². The van der Waals surface area contributed by atoms with Crippen LogP contribution in [0, 0.1) is 13.8 Å². The molecule has 102 valence electrons. The highest BCUT2D eigenvalue weighted by Crippen LogP contribution is 2.21. The molecule has 0 fully saturated rings. The van der Waals surface area contributed by atoms with Gasteiger partial charge in [-0.15, -0.1) is 0 Å². The first-order valence-electron chi connectivity index (χ1n) is 6.14. The summed E-state index contributed by atoms with van der Waals surface area (Å²) in [5, 5.41) is 13.9. The number of carbonyl (C=O) groups excluding carboxylic acids is 1. The van der Waals surface area contributed by atoms with Gasteiger partial charge in [-0.25, -0.2) is 4.98 Å². The molecule has 0 aromatic carbocycles. The van der Waals surface area contributed by atoms with E-state index >= 15 is 0 Å². The van der Waals surface area contributed by atoms with E-state index in [1.165, 1.54) is 0 Å². The van der Waals surface area contributed by atoms with Crippen molar-refractivity contribution in [2.75, 3.05) is 0 Å². The molecule has 0 unspecified atom stereocenters. The van der Waals surface area contributed by atoms with Crippen LogP contribution in [0.1, 0.15) is 27.3 Å². The summed E-state index contributed by atoms with van der Waals surface area (Å²) in [5.74, 6) is -0.187. The molecule has 7 nitrogen and oxygen atoms in total. The van der Waals surface area contributed by atoms with Gasteiger partial charge in [-0.1, -0.05) is 5.16 Å². The summed E-state index contributed by atoms with van der Waals surface area (Å²) >= 11 is 0. The predicted molar refractivity (Wildman–Crippen MR) is 71.0 cm³/mol. The molecular formula is C13H13N5O2. The number of fused-ring (bicyclic) bond motifs is 1. The number of nitrogens with one attached hydrogen (secondary N) is 2. The second kappa shape index (κ2) is 4.76. The zero-order valence-corrected chi connectivity index (χ0v) is 11.1. The van der Waals surface area contributed by atoms with Crippen molar-refractivity contribution in [3.63, 3.8) is 0 Å². The summed E-state index contributed by atoms with van der Waals surface area (Å²) in [6.07, 6.45) is 3.40. The van der Waals surface area contributed by atoms with Crippen molar-refractivity contribution in [3.8, 4) is 0 Å². The molecule has 2 N–H and O–H groups in total. The average Bonchev–Trinajstić information content (AvgIpc) is 3.05. The largest absolute Gasteiger partial charge is 0.348 e. The lowest BCUT2D eigenvalue weighted by atomic mass is 10.1. The summed E-state index contributed by atoms with van der Waals surface area (Å²) in [6.45, 7) is 4.00. The van der Waals surface area contributed by atoms with Gasteiger partial charge in [0.15, 0.2) is 0 Å². The van der Waals surface area contributed by atoms with Gasteiger partial charge in [-0.2, -0.15) is 5.10 Å². The van der Waals surface area contributed by atoms with Crippen LogP contribution >= 0.6 is 0 Å². The van der Waals surface area contributed by atoms with E-state index in [0.717, 1.165) is 5.56 Å². The molecule has 3 rings (SSSR count). The van der Waals surface area contributed by atoms with Gasteiger partial charge < -0.3 is 9.84 Å². The topological polar surface area (TPSA) is 96.7 Å². The Hall–Kier alpha value is -2.70. The van der Waals surface area contributed by atoms with E-state index in [1.807, 2.05) is 6.92 Å². The van der Waals surface area contributed by atoms with Gasteiger partial charge in [0.25, 0.3) is 11.6 Å². The summed E-state index contributed by atoms with van der Waals surface area (Å²) < 4.78 is 5.11. The first-order valence-corrected chi connectivity index (χ1v) is 6.14. The molecule has 3 aromatic rings. The fraction of sp³-hybridized carbons (Fsp3) is 0.231. The third kappa shape index (κ3) is 2.13. The maximum Gasteiger partial charge on any atom is 0.258 e. The van der Waals surface area contributed by atoms with Gasteiger partial charge in [-0.3, -0.25) is 9.89 Å². The third-order valence-corrected chi connectivity index (χ3v) is 3.00. The van der Waals surface area contributed by atoms with Gasteiger partial charge >= 0.3 is 0 Å².